The van der Waals surface area contributed by atoms with Gasteiger partial charge in [-0.2, -0.15) is 19.6 Å². The summed E-state index contributed by atoms with van der Waals surface area (Å²) >= 11 is 0. The lowest BCUT2D eigenvalue weighted by atomic mass is 9.94. The van der Waals surface area contributed by atoms with Crippen molar-refractivity contribution in [2.24, 2.45) is 0 Å². The number of hydrogen-bond donors (Lipinski definition) is 0. The highest BCUT2D eigenvalue weighted by atomic mass is 16.2. The maximum atomic E-state index is 13.6. The minimum Gasteiger partial charge on any atom is -0.338 e. The van der Waals surface area contributed by atoms with Gasteiger partial charge in [0.25, 0.3) is 11.8 Å². The fraction of sp³-hybridized carbons (Fsp3) is 0.444. The highest BCUT2D eigenvalue weighted by Gasteiger charge is 2.35. The summed E-state index contributed by atoms with van der Waals surface area (Å²) in [6.07, 6.45) is 13.3. The molecule has 0 aromatic carbocycles. The molecule has 0 N–H and O–H groups in total. The van der Waals surface area contributed by atoms with E-state index in [0.29, 0.717) is 63.5 Å². The minimum absolute atomic E-state index is 0.0809. The number of aromatic nitrogens is 6. The topological polar surface area (TPSA) is 149 Å². The number of amides is 4. The second-order valence-electron chi connectivity index (χ2n) is 13.8. The molecule has 0 spiro atoms. The van der Waals surface area contributed by atoms with E-state index in [9.17, 15) is 19.2 Å². The van der Waals surface area contributed by atoms with E-state index in [2.05, 4.69) is 42.1 Å². The van der Waals surface area contributed by atoms with Crippen molar-refractivity contribution < 1.29 is 19.2 Å². The van der Waals surface area contributed by atoms with Crippen LogP contribution in [-0.4, -0.2) is 155 Å². The van der Waals surface area contributed by atoms with Crippen LogP contribution in [0.2, 0.25) is 0 Å². The SMILES string of the molecule is O=C(c1cnn(C(=O)N2CCN(Cc3cc(C4CCN4C(=O)c4cnn(C(=O)N5CCN(Cc6cccnc6)CC5)c4)ccn3)CC2)c1)N1CCC1. The van der Waals surface area contributed by atoms with E-state index in [-0.39, 0.29) is 29.9 Å². The number of rotatable bonds is 7. The van der Waals surface area contributed by atoms with Crippen LogP contribution in [0, 0.1) is 0 Å². The predicted octanol–water partition coefficient (Wildman–Crippen LogP) is 1.87. The lowest BCUT2D eigenvalue weighted by Crippen LogP contribution is -2.49. The molecule has 4 aromatic heterocycles. The highest BCUT2D eigenvalue weighted by Crippen LogP contribution is 2.34. The molecule has 0 bridgehead atoms. The summed E-state index contributed by atoms with van der Waals surface area (Å²) < 4.78 is 2.54. The smallest absolute Gasteiger partial charge is 0.338 e. The number of likely N-dealkylation sites (tertiary alicyclic amines) is 2. The van der Waals surface area contributed by atoms with Gasteiger partial charge in [0.2, 0.25) is 0 Å². The van der Waals surface area contributed by atoms with Crippen molar-refractivity contribution in [3.63, 3.8) is 0 Å². The molecule has 16 heteroatoms. The number of carbonyl (C=O) groups is 4. The van der Waals surface area contributed by atoms with Gasteiger partial charge in [0.15, 0.2) is 0 Å². The molecule has 4 amide bonds. The molecule has 1 unspecified atom stereocenters. The molecule has 4 saturated heterocycles. The normalized spacial score (nSPS) is 19.7. The van der Waals surface area contributed by atoms with Crippen molar-refractivity contribution in [3.05, 3.63) is 95.6 Å². The van der Waals surface area contributed by atoms with Crippen LogP contribution < -0.4 is 0 Å². The molecule has 4 aliphatic rings. The largest absolute Gasteiger partial charge is 0.344 e. The van der Waals surface area contributed by atoms with Crippen LogP contribution in [-0.2, 0) is 13.1 Å². The zero-order chi connectivity index (χ0) is 35.6. The van der Waals surface area contributed by atoms with Gasteiger partial charge in [-0.05, 0) is 42.2 Å². The van der Waals surface area contributed by atoms with Gasteiger partial charge in [-0.3, -0.25) is 29.4 Å². The molecule has 52 heavy (non-hydrogen) atoms. The zero-order valence-corrected chi connectivity index (χ0v) is 29.0. The number of piperazine rings is 2. The minimum atomic E-state index is -0.234. The summed E-state index contributed by atoms with van der Waals surface area (Å²) in [4.78, 5) is 72.8. The quantitative estimate of drug-likeness (QED) is 0.279. The average Bonchev–Trinajstić information content (AvgIpc) is 3.83. The van der Waals surface area contributed by atoms with Crippen LogP contribution in [0.1, 0.15) is 56.4 Å². The van der Waals surface area contributed by atoms with E-state index in [0.717, 1.165) is 62.4 Å². The molecular weight excluding hydrogens is 664 g/mol. The van der Waals surface area contributed by atoms with Crippen LogP contribution >= 0.6 is 0 Å². The Balaban J connectivity index is 0.816. The van der Waals surface area contributed by atoms with Gasteiger partial charge in [0, 0.05) is 116 Å². The summed E-state index contributed by atoms with van der Waals surface area (Å²) in [5.74, 6) is -0.231. The van der Waals surface area contributed by atoms with Crippen molar-refractivity contribution in [1.82, 2.24) is 58.9 Å². The fourth-order valence-electron chi connectivity index (χ4n) is 7.17. The zero-order valence-electron chi connectivity index (χ0n) is 29.0. The molecule has 270 valence electrons. The van der Waals surface area contributed by atoms with Crippen LogP contribution in [0.3, 0.4) is 0 Å². The molecule has 1 atom stereocenters. The first-order valence-corrected chi connectivity index (χ1v) is 18.0. The lowest BCUT2D eigenvalue weighted by Gasteiger charge is -2.41. The third-order valence-corrected chi connectivity index (χ3v) is 10.5. The van der Waals surface area contributed by atoms with E-state index in [1.54, 1.807) is 33.3 Å². The van der Waals surface area contributed by atoms with E-state index in [1.807, 2.05) is 23.2 Å². The third-order valence-electron chi connectivity index (χ3n) is 10.5. The van der Waals surface area contributed by atoms with Crippen LogP contribution in [0.5, 0.6) is 0 Å². The molecule has 0 radical (unpaired) electrons. The van der Waals surface area contributed by atoms with Gasteiger partial charge >= 0.3 is 12.1 Å². The van der Waals surface area contributed by atoms with Gasteiger partial charge in [-0.1, -0.05) is 6.07 Å². The van der Waals surface area contributed by atoms with Gasteiger partial charge in [0.05, 0.1) is 35.3 Å². The van der Waals surface area contributed by atoms with Gasteiger partial charge in [-0.15, -0.1) is 0 Å². The van der Waals surface area contributed by atoms with E-state index in [1.165, 1.54) is 28.0 Å². The van der Waals surface area contributed by atoms with Crippen molar-refractivity contribution in [2.75, 3.05) is 72.0 Å². The lowest BCUT2D eigenvalue weighted by molar-refractivity contribution is 0.0459. The van der Waals surface area contributed by atoms with Crippen molar-refractivity contribution in [2.45, 2.75) is 32.0 Å². The Morgan fingerprint density at radius 2 is 1.29 bits per heavy atom. The molecular formula is C36H42N12O4. The van der Waals surface area contributed by atoms with Crippen molar-refractivity contribution in [3.8, 4) is 0 Å². The van der Waals surface area contributed by atoms with Gasteiger partial charge in [-0.25, -0.2) is 9.59 Å². The van der Waals surface area contributed by atoms with E-state index in [4.69, 9.17) is 0 Å². The second-order valence-corrected chi connectivity index (χ2v) is 13.8. The Morgan fingerprint density at radius 3 is 1.85 bits per heavy atom. The van der Waals surface area contributed by atoms with Crippen LogP contribution in [0.4, 0.5) is 9.59 Å². The molecule has 4 aliphatic heterocycles. The Bertz CT molecular complexity index is 1930. The summed E-state index contributed by atoms with van der Waals surface area (Å²) in [5.41, 5.74) is 3.90. The Labute approximate surface area is 301 Å². The maximum absolute atomic E-state index is 13.6. The molecule has 16 nitrogen and oxygen atoms in total. The van der Waals surface area contributed by atoms with Gasteiger partial charge < -0.3 is 19.6 Å². The number of pyridine rings is 2. The van der Waals surface area contributed by atoms with Crippen LogP contribution in [0.15, 0.2) is 67.6 Å². The number of hydrogen-bond acceptors (Lipinski definition) is 10. The summed E-state index contributed by atoms with van der Waals surface area (Å²) in [5, 5.41) is 8.43. The van der Waals surface area contributed by atoms with Crippen LogP contribution in [0.25, 0.3) is 0 Å². The predicted molar refractivity (Wildman–Crippen MR) is 187 cm³/mol. The molecule has 0 saturated carbocycles. The summed E-state index contributed by atoms with van der Waals surface area (Å²) in [6, 6.07) is 7.45. The Hall–Kier alpha value is -5.48. The number of carbonyl (C=O) groups excluding carboxylic acids is 4. The second kappa shape index (κ2) is 14.6. The van der Waals surface area contributed by atoms with E-state index >= 15 is 0 Å². The van der Waals surface area contributed by atoms with Crippen molar-refractivity contribution in [1.29, 1.82) is 0 Å². The molecule has 8 heterocycles. The Kier molecular flexibility index (Phi) is 9.47. The standard InChI is InChI=1S/C36H42N12O4/c49-33(43-8-2-9-43)29-21-39-47(24-29)35(51)45-17-13-42(14-18-45)26-31-19-28(4-7-38-31)32-5-10-46(32)34(50)30-22-40-48(25-30)36(52)44-15-11-41(12-16-44)23-27-3-1-6-37-20-27/h1,3-4,6-7,19-22,24-25,32H,2,5,8-18,23,26H2. The molecule has 4 fully saturated rings. The summed E-state index contributed by atoms with van der Waals surface area (Å²) in [7, 11) is 0. The summed E-state index contributed by atoms with van der Waals surface area (Å²) in [6.45, 7) is 8.65. The fourth-order valence-corrected chi connectivity index (χ4v) is 7.17. The first-order valence-electron chi connectivity index (χ1n) is 18.0. The Morgan fingerprint density at radius 1 is 0.654 bits per heavy atom. The molecule has 4 aromatic rings. The molecule has 0 aliphatic carbocycles. The maximum Gasteiger partial charge on any atom is 0.344 e. The molecule has 8 rings (SSSR count). The monoisotopic (exact) mass is 706 g/mol. The van der Waals surface area contributed by atoms with Gasteiger partial charge in [0.1, 0.15) is 0 Å². The first kappa shape index (κ1) is 33.7. The van der Waals surface area contributed by atoms with E-state index < -0.39 is 0 Å². The van der Waals surface area contributed by atoms with Crippen molar-refractivity contribution >= 4 is 23.9 Å². The average molecular weight is 707 g/mol. The third kappa shape index (κ3) is 7.03. The number of nitrogens with zero attached hydrogens (tertiary/aromatic N) is 12. The highest BCUT2D eigenvalue weighted by molar-refractivity contribution is 5.95. The first-order chi connectivity index (χ1) is 25.4.